The van der Waals surface area contributed by atoms with E-state index in [-0.39, 0.29) is 29.0 Å². The van der Waals surface area contributed by atoms with Crippen LogP contribution in [-0.2, 0) is 10.5 Å². The summed E-state index contributed by atoms with van der Waals surface area (Å²) in [5.41, 5.74) is -1.36. The SMILES string of the molecule is COc1ccc(N2C(=O)Nc3ccccc3[C@@]2(O)C(=O)N[C@H]2CCC[C@@H](C)[C@H]2C)c(OC)c1. The second kappa shape index (κ2) is 8.94. The normalized spacial score (nSPS) is 26.8. The quantitative estimate of drug-likeness (QED) is 0.639. The molecule has 33 heavy (non-hydrogen) atoms. The fraction of sp³-hybridized carbons (Fsp3) is 0.440. The monoisotopic (exact) mass is 453 g/mol. The lowest BCUT2D eigenvalue weighted by atomic mass is 9.78. The third-order valence-corrected chi connectivity index (χ3v) is 7.04. The molecule has 8 heteroatoms. The van der Waals surface area contributed by atoms with E-state index in [2.05, 4.69) is 24.5 Å². The minimum atomic E-state index is -2.28. The van der Waals surface area contributed by atoms with E-state index < -0.39 is 17.7 Å². The first-order valence-electron chi connectivity index (χ1n) is 11.3. The summed E-state index contributed by atoms with van der Waals surface area (Å²) in [6.07, 6.45) is 2.94. The van der Waals surface area contributed by atoms with E-state index in [0.717, 1.165) is 24.2 Å². The van der Waals surface area contributed by atoms with E-state index in [9.17, 15) is 14.7 Å². The van der Waals surface area contributed by atoms with Crippen LogP contribution in [-0.4, -0.2) is 37.3 Å². The summed E-state index contributed by atoms with van der Waals surface area (Å²) >= 11 is 0. The van der Waals surface area contributed by atoms with E-state index in [1.807, 2.05) is 0 Å². The summed E-state index contributed by atoms with van der Waals surface area (Å²) in [5, 5.41) is 17.9. The Morgan fingerprint density at radius 3 is 2.64 bits per heavy atom. The lowest BCUT2D eigenvalue weighted by Gasteiger charge is -2.44. The van der Waals surface area contributed by atoms with Gasteiger partial charge in [0.05, 0.1) is 25.6 Å². The molecule has 4 atom stereocenters. The van der Waals surface area contributed by atoms with Crippen molar-refractivity contribution in [3.05, 3.63) is 48.0 Å². The van der Waals surface area contributed by atoms with Gasteiger partial charge < -0.3 is 25.2 Å². The molecule has 176 valence electrons. The molecule has 1 fully saturated rings. The van der Waals surface area contributed by atoms with Crippen molar-refractivity contribution < 1.29 is 24.2 Å². The van der Waals surface area contributed by atoms with Crippen LogP contribution in [0.25, 0.3) is 0 Å². The number of carbonyl (C=O) groups excluding carboxylic acids is 2. The van der Waals surface area contributed by atoms with Gasteiger partial charge >= 0.3 is 6.03 Å². The topological polar surface area (TPSA) is 100 Å². The third-order valence-electron chi connectivity index (χ3n) is 7.04. The highest BCUT2D eigenvalue weighted by Crippen LogP contribution is 2.44. The Balaban J connectivity index is 1.82. The Kier molecular flexibility index (Phi) is 6.21. The van der Waals surface area contributed by atoms with E-state index in [4.69, 9.17) is 9.47 Å². The van der Waals surface area contributed by atoms with Crippen LogP contribution in [0, 0.1) is 11.8 Å². The van der Waals surface area contributed by atoms with Crippen LogP contribution in [0.5, 0.6) is 11.5 Å². The first-order valence-corrected chi connectivity index (χ1v) is 11.3. The Hall–Kier alpha value is -3.26. The molecular formula is C25H31N3O5. The number of carbonyl (C=O) groups is 2. The molecule has 0 unspecified atom stereocenters. The highest BCUT2D eigenvalue weighted by molar-refractivity contribution is 6.12. The number of nitrogens with zero attached hydrogens (tertiary/aromatic N) is 1. The molecule has 0 bridgehead atoms. The van der Waals surface area contributed by atoms with Crippen LogP contribution < -0.4 is 25.0 Å². The molecular weight excluding hydrogens is 422 g/mol. The van der Waals surface area contributed by atoms with Gasteiger partial charge in [0.15, 0.2) is 0 Å². The van der Waals surface area contributed by atoms with E-state index >= 15 is 0 Å². The number of hydrogen-bond donors (Lipinski definition) is 3. The summed E-state index contributed by atoms with van der Waals surface area (Å²) in [5.74, 6) is 0.871. The average Bonchev–Trinajstić information content (AvgIpc) is 2.82. The number of fused-ring (bicyclic) bond motifs is 1. The van der Waals surface area contributed by atoms with Crippen molar-refractivity contribution in [1.29, 1.82) is 0 Å². The van der Waals surface area contributed by atoms with Crippen LogP contribution >= 0.6 is 0 Å². The maximum absolute atomic E-state index is 13.8. The Morgan fingerprint density at radius 2 is 1.91 bits per heavy atom. The van der Waals surface area contributed by atoms with Gasteiger partial charge in [-0.2, -0.15) is 0 Å². The number of hydrogen-bond acceptors (Lipinski definition) is 5. The molecule has 3 amide bonds. The van der Waals surface area contributed by atoms with Gasteiger partial charge in [-0.05, 0) is 36.5 Å². The van der Waals surface area contributed by atoms with Crippen molar-refractivity contribution in [2.75, 3.05) is 24.4 Å². The van der Waals surface area contributed by atoms with Gasteiger partial charge in [0.25, 0.3) is 11.6 Å². The highest BCUT2D eigenvalue weighted by atomic mass is 16.5. The summed E-state index contributed by atoms with van der Waals surface area (Å²) in [6, 6.07) is 10.9. The lowest BCUT2D eigenvalue weighted by Crippen LogP contribution is -2.64. The molecule has 0 radical (unpaired) electrons. The molecule has 2 aromatic carbocycles. The molecule has 1 aliphatic heterocycles. The van der Waals surface area contributed by atoms with Crippen LogP contribution in [0.15, 0.2) is 42.5 Å². The van der Waals surface area contributed by atoms with Gasteiger partial charge in [-0.15, -0.1) is 0 Å². The number of methoxy groups -OCH3 is 2. The predicted octanol–water partition coefficient (Wildman–Crippen LogP) is 3.84. The molecule has 1 saturated carbocycles. The molecule has 0 aromatic heterocycles. The zero-order valence-corrected chi connectivity index (χ0v) is 19.4. The maximum atomic E-state index is 13.8. The van der Waals surface area contributed by atoms with Crippen LogP contribution in [0.4, 0.5) is 16.2 Å². The van der Waals surface area contributed by atoms with Crippen molar-refractivity contribution in [1.82, 2.24) is 5.32 Å². The Labute approximate surface area is 193 Å². The molecule has 8 nitrogen and oxygen atoms in total. The van der Waals surface area contributed by atoms with Crippen molar-refractivity contribution in [3.8, 4) is 11.5 Å². The minimum absolute atomic E-state index is 0.0953. The molecule has 1 heterocycles. The average molecular weight is 454 g/mol. The number of anilines is 2. The van der Waals surface area contributed by atoms with Crippen molar-refractivity contribution in [3.63, 3.8) is 0 Å². The molecule has 2 aromatic rings. The number of para-hydroxylation sites is 1. The fourth-order valence-electron chi connectivity index (χ4n) is 4.87. The highest BCUT2D eigenvalue weighted by Gasteiger charge is 2.53. The van der Waals surface area contributed by atoms with E-state index in [0.29, 0.717) is 17.4 Å². The van der Waals surface area contributed by atoms with E-state index in [1.165, 1.54) is 14.2 Å². The summed E-state index contributed by atoms with van der Waals surface area (Å²) in [6.45, 7) is 4.29. The van der Waals surface area contributed by atoms with Crippen LogP contribution in [0.2, 0.25) is 0 Å². The van der Waals surface area contributed by atoms with Gasteiger partial charge in [0.2, 0.25) is 0 Å². The zero-order chi connectivity index (χ0) is 23.8. The number of urea groups is 1. The molecule has 3 N–H and O–H groups in total. The zero-order valence-electron chi connectivity index (χ0n) is 19.4. The van der Waals surface area contributed by atoms with Crippen molar-refractivity contribution in [2.45, 2.75) is 44.9 Å². The second-order valence-electron chi connectivity index (χ2n) is 8.87. The number of ether oxygens (including phenoxy) is 2. The van der Waals surface area contributed by atoms with Crippen molar-refractivity contribution >= 4 is 23.3 Å². The first kappa shape index (κ1) is 22.9. The molecule has 0 spiro atoms. The van der Waals surface area contributed by atoms with Gasteiger partial charge in [0.1, 0.15) is 11.5 Å². The molecule has 4 rings (SSSR count). The van der Waals surface area contributed by atoms with Crippen LogP contribution in [0.3, 0.4) is 0 Å². The Bertz CT molecular complexity index is 1060. The third kappa shape index (κ3) is 3.88. The summed E-state index contributed by atoms with van der Waals surface area (Å²) < 4.78 is 10.8. The number of nitrogens with one attached hydrogen (secondary N) is 2. The number of benzene rings is 2. The fourth-order valence-corrected chi connectivity index (χ4v) is 4.87. The smallest absolute Gasteiger partial charge is 0.329 e. The standard InChI is InChI=1S/C25H31N3O5/c1-15-8-7-11-19(16(15)2)26-23(29)25(31)18-9-5-6-10-20(18)27-24(30)28(25)21-13-12-17(32-3)14-22(21)33-4/h5-6,9-10,12-16,19,31H,7-8,11H2,1-4H3,(H,26,29)(H,27,30)/t15-,16-,19+,25-/m1/s1. The molecule has 1 aliphatic carbocycles. The van der Waals surface area contributed by atoms with Gasteiger partial charge in [-0.3, -0.25) is 4.79 Å². The van der Waals surface area contributed by atoms with Crippen LogP contribution in [0.1, 0.15) is 38.7 Å². The first-order chi connectivity index (χ1) is 15.8. The maximum Gasteiger partial charge on any atom is 0.329 e. The largest absolute Gasteiger partial charge is 0.497 e. The summed E-state index contributed by atoms with van der Waals surface area (Å²) in [7, 11) is 2.98. The number of aliphatic hydroxyl groups is 1. The van der Waals surface area contributed by atoms with Crippen molar-refractivity contribution in [2.24, 2.45) is 11.8 Å². The van der Waals surface area contributed by atoms with E-state index in [1.54, 1.807) is 42.5 Å². The Morgan fingerprint density at radius 1 is 1.15 bits per heavy atom. The van der Waals surface area contributed by atoms with Gasteiger partial charge in [-0.25, -0.2) is 9.69 Å². The summed E-state index contributed by atoms with van der Waals surface area (Å²) in [4.78, 5) is 28.2. The van der Waals surface area contributed by atoms with Gasteiger partial charge in [0, 0.05) is 17.7 Å². The molecule has 0 saturated heterocycles. The second-order valence-corrected chi connectivity index (χ2v) is 8.87. The predicted molar refractivity (Wildman–Crippen MR) is 125 cm³/mol. The molecule has 2 aliphatic rings. The van der Waals surface area contributed by atoms with Gasteiger partial charge in [-0.1, -0.05) is 44.9 Å². The number of amides is 3. The number of rotatable bonds is 5. The lowest BCUT2D eigenvalue weighted by molar-refractivity contribution is -0.141. The minimum Gasteiger partial charge on any atom is -0.497 e.